The topological polar surface area (TPSA) is 21.7 Å². The van der Waals surface area contributed by atoms with Gasteiger partial charge in [0, 0.05) is 17.1 Å². The van der Waals surface area contributed by atoms with Crippen molar-refractivity contribution in [3.63, 3.8) is 0 Å². The normalized spacial score (nSPS) is 10.7. The van der Waals surface area contributed by atoms with E-state index in [0.717, 1.165) is 40.7 Å². The van der Waals surface area contributed by atoms with E-state index in [-0.39, 0.29) is 0 Å². The van der Waals surface area contributed by atoms with Crippen molar-refractivity contribution < 1.29 is 9.47 Å². The van der Waals surface area contributed by atoms with Crippen LogP contribution in [0.4, 0.5) is 17.1 Å². The molecular weight excluding hydrogens is 334 g/mol. The average molecular weight is 361 g/mol. The molecule has 0 saturated carbocycles. The molecule has 3 aromatic carbocycles. The van der Waals surface area contributed by atoms with E-state index in [1.165, 1.54) is 0 Å². The fraction of sp³-hybridized carbons (Fsp3) is 0.250. The Morgan fingerprint density at radius 2 is 1.44 bits per heavy atom. The van der Waals surface area contributed by atoms with Crippen LogP contribution in [0.2, 0.25) is 0 Å². The van der Waals surface area contributed by atoms with Crippen LogP contribution in [0, 0.1) is 12.8 Å². The smallest absolute Gasteiger partial charge is 0.119 e. The van der Waals surface area contributed by atoms with Crippen molar-refractivity contribution in [2.75, 3.05) is 18.6 Å². The fourth-order valence-electron chi connectivity index (χ4n) is 2.97. The molecule has 0 aliphatic carbocycles. The molecule has 0 fully saturated rings. The van der Waals surface area contributed by atoms with Gasteiger partial charge in [-0.3, -0.25) is 0 Å². The summed E-state index contributed by atoms with van der Waals surface area (Å²) < 4.78 is 11.2. The van der Waals surface area contributed by atoms with Crippen LogP contribution in [0.1, 0.15) is 19.4 Å². The molecule has 0 spiro atoms. The summed E-state index contributed by atoms with van der Waals surface area (Å²) in [7, 11) is 1.68. The van der Waals surface area contributed by atoms with E-state index in [0.29, 0.717) is 5.92 Å². The summed E-state index contributed by atoms with van der Waals surface area (Å²) in [5, 5.41) is 0. The molecule has 0 bridgehead atoms. The molecule has 0 aromatic heterocycles. The Bertz CT molecular complexity index is 857. The highest BCUT2D eigenvalue weighted by Crippen LogP contribution is 2.38. The average Bonchev–Trinajstić information content (AvgIpc) is 2.69. The largest absolute Gasteiger partial charge is 0.497 e. The maximum absolute atomic E-state index is 5.89. The van der Waals surface area contributed by atoms with Gasteiger partial charge in [0.1, 0.15) is 11.5 Å². The Hall–Kier alpha value is -2.94. The molecule has 0 aliphatic rings. The number of rotatable bonds is 7. The molecule has 27 heavy (non-hydrogen) atoms. The summed E-state index contributed by atoms with van der Waals surface area (Å²) in [5.74, 6) is 2.26. The van der Waals surface area contributed by atoms with Gasteiger partial charge in [-0.25, -0.2) is 0 Å². The molecule has 3 rings (SSSR count). The zero-order valence-electron chi connectivity index (χ0n) is 16.5. The Morgan fingerprint density at radius 3 is 2.04 bits per heavy atom. The highest BCUT2D eigenvalue weighted by atomic mass is 16.5. The van der Waals surface area contributed by atoms with Crippen LogP contribution < -0.4 is 14.4 Å². The van der Waals surface area contributed by atoms with Crippen LogP contribution in [-0.2, 0) is 0 Å². The maximum atomic E-state index is 5.89. The summed E-state index contributed by atoms with van der Waals surface area (Å²) >= 11 is 0. The third-order valence-corrected chi connectivity index (χ3v) is 4.34. The third kappa shape index (κ3) is 4.62. The zero-order chi connectivity index (χ0) is 19.2. The second-order valence-corrected chi connectivity index (χ2v) is 7.02. The lowest BCUT2D eigenvalue weighted by Gasteiger charge is -2.27. The minimum Gasteiger partial charge on any atom is -0.497 e. The highest BCUT2D eigenvalue weighted by molar-refractivity contribution is 5.78. The number of aryl methyl sites for hydroxylation is 1. The van der Waals surface area contributed by atoms with Gasteiger partial charge in [0.25, 0.3) is 0 Å². The van der Waals surface area contributed by atoms with Gasteiger partial charge in [0.05, 0.1) is 13.7 Å². The molecule has 0 unspecified atom stereocenters. The van der Waals surface area contributed by atoms with Crippen molar-refractivity contribution in [3.05, 3.63) is 78.4 Å². The number of benzene rings is 3. The second kappa shape index (κ2) is 8.63. The van der Waals surface area contributed by atoms with E-state index in [1.807, 2.05) is 24.3 Å². The van der Waals surface area contributed by atoms with E-state index >= 15 is 0 Å². The van der Waals surface area contributed by atoms with Crippen molar-refractivity contribution >= 4 is 17.1 Å². The first-order valence-electron chi connectivity index (χ1n) is 9.31. The number of para-hydroxylation sites is 1. The van der Waals surface area contributed by atoms with Crippen molar-refractivity contribution in [2.24, 2.45) is 5.92 Å². The number of methoxy groups -OCH3 is 1. The molecule has 0 N–H and O–H groups in total. The van der Waals surface area contributed by atoms with E-state index < -0.39 is 0 Å². The molecular formula is C24H27NO2. The highest BCUT2D eigenvalue weighted by Gasteiger charge is 2.15. The van der Waals surface area contributed by atoms with E-state index in [1.54, 1.807) is 7.11 Å². The predicted octanol–water partition coefficient (Wildman–Crippen LogP) is 6.51. The molecule has 3 aromatic rings. The minimum atomic E-state index is 0.505. The minimum absolute atomic E-state index is 0.505. The SMILES string of the molecule is COc1ccc(N(c2ccccc2)c2ccc(OCC(C)C)cc2C)cc1. The molecule has 0 atom stereocenters. The van der Waals surface area contributed by atoms with Gasteiger partial charge in [0.2, 0.25) is 0 Å². The Labute approximate surface area is 162 Å². The van der Waals surface area contributed by atoms with E-state index in [9.17, 15) is 0 Å². The summed E-state index contributed by atoms with van der Waals surface area (Å²) in [6, 6.07) is 24.8. The molecule has 3 nitrogen and oxygen atoms in total. The maximum Gasteiger partial charge on any atom is 0.119 e. The first-order chi connectivity index (χ1) is 13.1. The monoisotopic (exact) mass is 361 g/mol. The van der Waals surface area contributed by atoms with Gasteiger partial charge in [0.15, 0.2) is 0 Å². The molecule has 140 valence electrons. The predicted molar refractivity (Wildman–Crippen MR) is 113 cm³/mol. The van der Waals surface area contributed by atoms with Crippen molar-refractivity contribution in [1.82, 2.24) is 0 Å². The second-order valence-electron chi connectivity index (χ2n) is 7.02. The molecule has 0 aliphatic heterocycles. The van der Waals surface area contributed by atoms with Crippen molar-refractivity contribution in [3.8, 4) is 11.5 Å². The lowest BCUT2D eigenvalue weighted by molar-refractivity contribution is 0.271. The van der Waals surface area contributed by atoms with Gasteiger partial charge in [-0.2, -0.15) is 0 Å². The van der Waals surface area contributed by atoms with Crippen molar-refractivity contribution in [1.29, 1.82) is 0 Å². The lowest BCUT2D eigenvalue weighted by Crippen LogP contribution is -2.11. The van der Waals surface area contributed by atoms with Crippen LogP contribution in [0.3, 0.4) is 0 Å². The molecule has 0 amide bonds. The lowest BCUT2D eigenvalue weighted by atomic mass is 10.1. The van der Waals surface area contributed by atoms with Crippen LogP contribution in [0.15, 0.2) is 72.8 Å². The number of anilines is 3. The van der Waals surface area contributed by atoms with Crippen LogP contribution >= 0.6 is 0 Å². The third-order valence-electron chi connectivity index (χ3n) is 4.34. The number of hydrogen-bond donors (Lipinski definition) is 0. The summed E-state index contributed by atoms with van der Waals surface area (Å²) in [6.07, 6.45) is 0. The summed E-state index contributed by atoms with van der Waals surface area (Å²) in [5.41, 5.74) is 4.49. The Balaban J connectivity index is 2.00. The number of nitrogens with zero attached hydrogens (tertiary/aromatic N) is 1. The first kappa shape index (κ1) is 18.8. The first-order valence-corrected chi connectivity index (χ1v) is 9.31. The molecule has 0 heterocycles. The van der Waals surface area contributed by atoms with Gasteiger partial charge in [-0.15, -0.1) is 0 Å². The van der Waals surface area contributed by atoms with E-state index in [4.69, 9.17) is 9.47 Å². The van der Waals surface area contributed by atoms with Gasteiger partial charge in [-0.1, -0.05) is 32.0 Å². The molecule has 3 heteroatoms. The summed E-state index contributed by atoms with van der Waals surface area (Å²) in [6.45, 7) is 7.15. The quantitative estimate of drug-likeness (QED) is 0.479. The Morgan fingerprint density at radius 1 is 0.815 bits per heavy atom. The van der Waals surface area contributed by atoms with Gasteiger partial charge >= 0.3 is 0 Å². The van der Waals surface area contributed by atoms with E-state index in [2.05, 4.69) is 74.2 Å². The number of ether oxygens (including phenoxy) is 2. The van der Waals surface area contributed by atoms with Gasteiger partial charge in [-0.05, 0) is 73.0 Å². The zero-order valence-corrected chi connectivity index (χ0v) is 16.5. The van der Waals surface area contributed by atoms with Gasteiger partial charge < -0.3 is 14.4 Å². The fourth-order valence-corrected chi connectivity index (χ4v) is 2.97. The standard InChI is InChI=1S/C24H27NO2/c1-18(2)17-27-23-14-15-24(19(3)16-23)25(20-8-6-5-7-9-20)21-10-12-22(26-4)13-11-21/h5-16,18H,17H2,1-4H3. The van der Waals surface area contributed by atoms with Crippen LogP contribution in [0.5, 0.6) is 11.5 Å². The Kier molecular flexibility index (Phi) is 6.02. The van der Waals surface area contributed by atoms with Crippen LogP contribution in [-0.4, -0.2) is 13.7 Å². The summed E-state index contributed by atoms with van der Waals surface area (Å²) in [4.78, 5) is 2.25. The molecule has 0 radical (unpaired) electrons. The number of hydrogen-bond acceptors (Lipinski definition) is 3. The van der Waals surface area contributed by atoms with Crippen molar-refractivity contribution in [2.45, 2.75) is 20.8 Å². The van der Waals surface area contributed by atoms with Crippen LogP contribution in [0.25, 0.3) is 0 Å². The molecule has 0 saturated heterocycles.